The van der Waals surface area contributed by atoms with Crippen LogP contribution in [0, 0.1) is 0 Å². The maximum atomic E-state index is 6.30. The largest absolute Gasteiger partial charge is 0.397 e. The zero-order valence-electron chi connectivity index (χ0n) is 12.8. The Hall–Kier alpha value is -1.96. The van der Waals surface area contributed by atoms with Crippen LogP contribution in [-0.4, -0.2) is 0 Å². The number of hydrogen-bond donors (Lipinski definition) is 2. The van der Waals surface area contributed by atoms with Crippen molar-refractivity contribution in [1.29, 1.82) is 0 Å². The lowest BCUT2D eigenvalue weighted by molar-refractivity contribution is 0.793. The molecule has 2 nitrogen and oxygen atoms in total. The van der Waals surface area contributed by atoms with Crippen LogP contribution in [0.5, 0.6) is 0 Å². The standard InChI is InChI=1S/C18H24N2/c1-11(2)14-10-15(19)18(20)17(16(14)12(3)4)13-8-6-5-7-9-13/h5-12H,19-20H2,1-4H3. The molecule has 0 saturated heterocycles. The lowest BCUT2D eigenvalue weighted by Gasteiger charge is -2.23. The van der Waals surface area contributed by atoms with Gasteiger partial charge in [0.25, 0.3) is 0 Å². The third-order valence-corrected chi connectivity index (χ3v) is 3.73. The van der Waals surface area contributed by atoms with Crippen molar-refractivity contribution in [3.63, 3.8) is 0 Å². The van der Waals surface area contributed by atoms with Gasteiger partial charge in [-0.25, -0.2) is 0 Å². The Labute approximate surface area is 121 Å². The average Bonchev–Trinajstić information content (AvgIpc) is 2.41. The highest BCUT2D eigenvalue weighted by Gasteiger charge is 2.20. The van der Waals surface area contributed by atoms with Crippen LogP contribution in [0.3, 0.4) is 0 Å². The zero-order valence-corrected chi connectivity index (χ0v) is 12.8. The molecule has 106 valence electrons. The van der Waals surface area contributed by atoms with Crippen molar-refractivity contribution < 1.29 is 0 Å². The van der Waals surface area contributed by atoms with E-state index in [4.69, 9.17) is 11.5 Å². The van der Waals surface area contributed by atoms with E-state index < -0.39 is 0 Å². The van der Waals surface area contributed by atoms with E-state index in [1.54, 1.807) is 0 Å². The van der Waals surface area contributed by atoms with Gasteiger partial charge in [-0.2, -0.15) is 0 Å². The van der Waals surface area contributed by atoms with E-state index in [1.807, 2.05) is 24.3 Å². The lowest BCUT2D eigenvalue weighted by atomic mass is 9.83. The fourth-order valence-electron chi connectivity index (χ4n) is 2.77. The maximum absolute atomic E-state index is 6.30. The van der Waals surface area contributed by atoms with Crippen LogP contribution in [0.25, 0.3) is 11.1 Å². The summed E-state index contributed by atoms with van der Waals surface area (Å²) < 4.78 is 0. The first-order chi connectivity index (χ1) is 9.43. The number of rotatable bonds is 3. The van der Waals surface area contributed by atoms with E-state index in [0.29, 0.717) is 23.2 Å². The predicted octanol–water partition coefficient (Wildman–Crippen LogP) is 4.76. The molecule has 4 N–H and O–H groups in total. The summed E-state index contributed by atoms with van der Waals surface area (Å²) in [6.07, 6.45) is 0. The molecule has 20 heavy (non-hydrogen) atoms. The summed E-state index contributed by atoms with van der Waals surface area (Å²) in [6, 6.07) is 12.3. The van der Waals surface area contributed by atoms with Crippen LogP contribution in [0.15, 0.2) is 36.4 Å². The fraction of sp³-hybridized carbons (Fsp3) is 0.333. The minimum absolute atomic E-state index is 0.408. The third-order valence-electron chi connectivity index (χ3n) is 3.73. The molecule has 0 spiro atoms. The topological polar surface area (TPSA) is 52.0 Å². The zero-order chi connectivity index (χ0) is 14.9. The number of anilines is 2. The first kappa shape index (κ1) is 14.4. The second-order valence-corrected chi connectivity index (χ2v) is 5.93. The number of hydrogen-bond acceptors (Lipinski definition) is 2. The highest BCUT2D eigenvalue weighted by molar-refractivity contribution is 5.88. The monoisotopic (exact) mass is 268 g/mol. The fourth-order valence-corrected chi connectivity index (χ4v) is 2.77. The van der Waals surface area contributed by atoms with E-state index in [9.17, 15) is 0 Å². The van der Waals surface area contributed by atoms with Gasteiger partial charge < -0.3 is 11.5 Å². The number of nitrogen functional groups attached to an aromatic ring is 2. The Balaban J connectivity index is 2.83. The molecule has 0 aliphatic heterocycles. The number of benzene rings is 2. The summed E-state index contributed by atoms with van der Waals surface area (Å²) in [7, 11) is 0. The lowest BCUT2D eigenvalue weighted by Crippen LogP contribution is -2.07. The first-order valence-electron chi connectivity index (χ1n) is 7.20. The predicted molar refractivity (Wildman–Crippen MR) is 88.9 cm³/mol. The summed E-state index contributed by atoms with van der Waals surface area (Å²) >= 11 is 0. The van der Waals surface area contributed by atoms with E-state index in [2.05, 4.69) is 39.8 Å². The molecule has 2 aromatic rings. The van der Waals surface area contributed by atoms with Gasteiger partial charge in [0.15, 0.2) is 0 Å². The van der Waals surface area contributed by atoms with Gasteiger partial charge in [-0.15, -0.1) is 0 Å². The van der Waals surface area contributed by atoms with Gasteiger partial charge in [0.2, 0.25) is 0 Å². The molecule has 0 aliphatic rings. The molecule has 0 unspecified atom stereocenters. The Bertz CT molecular complexity index is 599. The molecule has 2 aromatic carbocycles. The molecule has 0 heterocycles. The molecule has 0 fully saturated rings. The molecule has 0 bridgehead atoms. The molecule has 0 saturated carbocycles. The quantitative estimate of drug-likeness (QED) is 0.788. The SMILES string of the molecule is CC(C)c1cc(N)c(N)c(-c2ccccc2)c1C(C)C. The molecule has 2 heteroatoms. The molecule has 0 aromatic heterocycles. The van der Waals surface area contributed by atoms with Crippen molar-refractivity contribution in [3.05, 3.63) is 47.5 Å². The van der Waals surface area contributed by atoms with Crippen molar-refractivity contribution >= 4 is 11.4 Å². The molecule has 0 aliphatic carbocycles. The minimum Gasteiger partial charge on any atom is -0.397 e. The van der Waals surface area contributed by atoms with Crippen LogP contribution in [0.4, 0.5) is 11.4 Å². The van der Waals surface area contributed by atoms with Gasteiger partial charge in [-0.1, -0.05) is 58.0 Å². The van der Waals surface area contributed by atoms with Gasteiger partial charge in [0.05, 0.1) is 11.4 Å². The van der Waals surface area contributed by atoms with Crippen LogP contribution in [0.2, 0.25) is 0 Å². The van der Waals surface area contributed by atoms with Crippen molar-refractivity contribution in [2.75, 3.05) is 11.5 Å². The smallest absolute Gasteiger partial charge is 0.0630 e. The normalized spacial score (nSPS) is 11.3. The van der Waals surface area contributed by atoms with Crippen molar-refractivity contribution in [2.24, 2.45) is 0 Å². The van der Waals surface area contributed by atoms with E-state index in [1.165, 1.54) is 11.1 Å². The summed E-state index contributed by atoms with van der Waals surface area (Å²) in [5, 5.41) is 0. The van der Waals surface area contributed by atoms with E-state index in [0.717, 1.165) is 11.1 Å². The minimum atomic E-state index is 0.408. The molecule has 0 amide bonds. The Morgan fingerprint density at radius 1 is 0.850 bits per heavy atom. The Kier molecular flexibility index (Phi) is 4.03. The van der Waals surface area contributed by atoms with Gasteiger partial charge in [-0.05, 0) is 34.6 Å². The molecular formula is C18H24N2. The van der Waals surface area contributed by atoms with Crippen LogP contribution in [0.1, 0.15) is 50.7 Å². The van der Waals surface area contributed by atoms with Crippen LogP contribution >= 0.6 is 0 Å². The average molecular weight is 268 g/mol. The van der Waals surface area contributed by atoms with Gasteiger partial charge in [0, 0.05) is 5.56 Å². The molecule has 0 atom stereocenters. The maximum Gasteiger partial charge on any atom is 0.0630 e. The summed E-state index contributed by atoms with van der Waals surface area (Å²) in [5.41, 5.74) is 18.7. The van der Waals surface area contributed by atoms with E-state index >= 15 is 0 Å². The van der Waals surface area contributed by atoms with Crippen LogP contribution in [-0.2, 0) is 0 Å². The van der Waals surface area contributed by atoms with Gasteiger partial charge in [0.1, 0.15) is 0 Å². The molecule has 2 rings (SSSR count). The Morgan fingerprint density at radius 2 is 1.45 bits per heavy atom. The second kappa shape index (κ2) is 5.58. The first-order valence-corrected chi connectivity index (χ1v) is 7.20. The Morgan fingerprint density at radius 3 is 1.95 bits per heavy atom. The summed E-state index contributed by atoms with van der Waals surface area (Å²) in [5.74, 6) is 0.836. The van der Waals surface area contributed by atoms with Crippen molar-refractivity contribution in [1.82, 2.24) is 0 Å². The van der Waals surface area contributed by atoms with Gasteiger partial charge >= 0.3 is 0 Å². The van der Waals surface area contributed by atoms with Crippen LogP contribution < -0.4 is 11.5 Å². The van der Waals surface area contributed by atoms with Gasteiger partial charge in [-0.3, -0.25) is 0 Å². The summed E-state index contributed by atoms with van der Waals surface area (Å²) in [4.78, 5) is 0. The molecule has 0 radical (unpaired) electrons. The highest BCUT2D eigenvalue weighted by atomic mass is 14.7. The highest BCUT2D eigenvalue weighted by Crippen LogP contribution is 2.42. The number of nitrogens with two attached hydrogens (primary N) is 2. The van der Waals surface area contributed by atoms with Crippen molar-refractivity contribution in [2.45, 2.75) is 39.5 Å². The third kappa shape index (κ3) is 2.51. The summed E-state index contributed by atoms with van der Waals surface area (Å²) in [6.45, 7) is 8.82. The van der Waals surface area contributed by atoms with Crippen molar-refractivity contribution in [3.8, 4) is 11.1 Å². The second-order valence-electron chi connectivity index (χ2n) is 5.93. The van der Waals surface area contributed by atoms with E-state index in [-0.39, 0.29) is 0 Å². The molecular weight excluding hydrogens is 244 g/mol.